The van der Waals surface area contributed by atoms with Crippen molar-refractivity contribution in [2.24, 2.45) is 4.99 Å². The van der Waals surface area contributed by atoms with Crippen LogP contribution in [0.1, 0.15) is 41.7 Å². The highest BCUT2D eigenvalue weighted by Crippen LogP contribution is 2.48. The number of aromatic nitrogens is 3. The van der Waals surface area contributed by atoms with Crippen LogP contribution in [0.5, 0.6) is 0 Å². The molecule has 0 aromatic carbocycles. The third-order valence-electron chi connectivity index (χ3n) is 5.57. The van der Waals surface area contributed by atoms with Crippen molar-refractivity contribution in [2.75, 3.05) is 6.54 Å². The van der Waals surface area contributed by atoms with Crippen LogP contribution < -0.4 is 0 Å². The highest BCUT2D eigenvalue weighted by molar-refractivity contribution is 8.14. The van der Waals surface area contributed by atoms with Gasteiger partial charge < -0.3 is 9.47 Å². The van der Waals surface area contributed by atoms with E-state index in [0.29, 0.717) is 5.25 Å². The number of aliphatic imine (C=N–C) groups is 1. The van der Waals surface area contributed by atoms with Crippen molar-refractivity contribution < 1.29 is 0 Å². The summed E-state index contributed by atoms with van der Waals surface area (Å²) in [4.78, 5) is 16.5. The van der Waals surface area contributed by atoms with Crippen molar-refractivity contribution in [3.63, 3.8) is 0 Å². The second kappa shape index (κ2) is 6.78. The summed E-state index contributed by atoms with van der Waals surface area (Å²) in [6.45, 7) is 7.66. The van der Waals surface area contributed by atoms with Crippen molar-refractivity contribution >= 4 is 16.9 Å². The minimum absolute atomic E-state index is 0.0269. The second-order valence-electron chi connectivity index (χ2n) is 7.51. The molecular formula is C22H23N5S. The first-order valence-electron chi connectivity index (χ1n) is 9.65. The molecule has 1 saturated heterocycles. The number of hydrogen-bond donors (Lipinski definition) is 0. The quantitative estimate of drug-likeness (QED) is 0.663. The zero-order valence-electron chi connectivity index (χ0n) is 16.3. The van der Waals surface area contributed by atoms with Crippen LogP contribution >= 0.6 is 11.8 Å². The highest BCUT2D eigenvalue weighted by Gasteiger charge is 2.44. The van der Waals surface area contributed by atoms with Crippen molar-refractivity contribution in [3.05, 3.63) is 77.6 Å². The van der Waals surface area contributed by atoms with E-state index in [-0.39, 0.29) is 12.1 Å². The molecule has 142 valence electrons. The monoisotopic (exact) mass is 389 g/mol. The molecule has 5 nitrogen and oxygen atoms in total. The molecule has 3 atom stereocenters. The summed E-state index contributed by atoms with van der Waals surface area (Å²) in [7, 11) is 0. The Balaban J connectivity index is 1.63. The van der Waals surface area contributed by atoms with Crippen LogP contribution in [0.25, 0.3) is 5.69 Å². The van der Waals surface area contributed by atoms with E-state index in [0.717, 1.165) is 23.1 Å². The van der Waals surface area contributed by atoms with Gasteiger partial charge in [0.1, 0.15) is 6.04 Å². The van der Waals surface area contributed by atoms with E-state index in [1.807, 2.05) is 42.5 Å². The van der Waals surface area contributed by atoms with Crippen LogP contribution in [0.2, 0.25) is 0 Å². The Morgan fingerprint density at radius 2 is 2.00 bits per heavy atom. The van der Waals surface area contributed by atoms with Gasteiger partial charge in [-0.3, -0.25) is 15.0 Å². The molecule has 3 aromatic heterocycles. The van der Waals surface area contributed by atoms with Gasteiger partial charge in [-0.15, -0.1) is 0 Å². The molecule has 28 heavy (non-hydrogen) atoms. The largest absolute Gasteiger partial charge is 0.341 e. The van der Waals surface area contributed by atoms with E-state index in [2.05, 4.69) is 64.5 Å². The van der Waals surface area contributed by atoms with E-state index < -0.39 is 0 Å². The molecule has 0 bridgehead atoms. The van der Waals surface area contributed by atoms with Crippen LogP contribution in [-0.2, 0) is 0 Å². The van der Waals surface area contributed by atoms with Gasteiger partial charge in [-0.1, -0.05) is 24.8 Å². The zero-order valence-corrected chi connectivity index (χ0v) is 17.1. The lowest BCUT2D eigenvalue weighted by Gasteiger charge is -2.27. The molecule has 5 heterocycles. The molecule has 0 unspecified atom stereocenters. The average Bonchev–Trinajstić information content (AvgIpc) is 3.33. The molecule has 3 aromatic rings. The number of nitrogens with zero attached hydrogens (tertiary/aromatic N) is 5. The minimum Gasteiger partial charge on any atom is -0.341 e. The first-order chi connectivity index (χ1) is 13.6. The molecule has 1 fully saturated rings. The lowest BCUT2D eigenvalue weighted by atomic mass is 9.96. The predicted octanol–water partition coefficient (Wildman–Crippen LogP) is 4.47. The maximum atomic E-state index is 5.10. The molecule has 5 rings (SSSR count). The molecule has 2 aliphatic rings. The lowest BCUT2D eigenvalue weighted by Crippen LogP contribution is -2.28. The standard InChI is InChI=1S/C22H23N5S/c1-14-11-18(16(3)27(14)17-7-6-9-23-12-17)21-20(19-8-4-5-10-24-19)25-22-26(21)13-15(2)28-22/h4-12,15,20-21H,13H2,1-3H3/t15-,20-,21+/m0/s1. The van der Waals surface area contributed by atoms with E-state index in [1.165, 1.54) is 17.0 Å². The Labute approximate surface area is 169 Å². The van der Waals surface area contributed by atoms with Gasteiger partial charge in [-0.25, -0.2) is 0 Å². The van der Waals surface area contributed by atoms with Gasteiger partial charge in [-0.2, -0.15) is 0 Å². The summed E-state index contributed by atoms with van der Waals surface area (Å²) in [6.07, 6.45) is 5.60. The number of rotatable bonds is 3. The summed E-state index contributed by atoms with van der Waals surface area (Å²) in [6, 6.07) is 12.7. The molecule has 0 amide bonds. The van der Waals surface area contributed by atoms with Crippen LogP contribution in [0.3, 0.4) is 0 Å². The van der Waals surface area contributed by atoms with Crippen molar-refractivity contribution in [2.45, 2.75) is 38.1 Å². The zero-order chi connectivity index (χ0) is 19.3. The van der Waals surface area contributed by atoms with Crippen LogP contribution in [-0.4, -0.2) is 36.4 Å². The Bertz CT molecular complexity index is 1030. The predicted molar refractivity (Wildman–Crippen MR) is 114 cm³/mol. The number of aryl methyl sites for hydroxylation is 1. The molecule has 0 spiro atoms. The van der Waals surface area contributed by atoms with Crippen molar-refractivity contribution in [1.82, 2.24) is 19.4 Å². The van der Waals surface area contributed by atoms with E-state index >= 15 is 0 Å². The second-order valence-corrected chi connectivity index (χ2v) is 8.92. The normalized spacial score (nSPS) is 23.8. The molecule has 0 saturated carbocycles. The van der Waals surface area contributed by atoms with Gasteiger partial charge in [0.2, 0.25) is 0 Å². The van der Waals surface area contributed by atoms with Gasteiger partial charge >= 0.3 is 0 Å². The Hall–Kier alpha value is -2.60. The first-order valence-corrected chi connectivity index (χ1v) is 10.5. The van der Waals surface area contributed by atoms with E-state index in [1.54, 1.807) is 0 Å². The maximum absolute atomic E-state index is 5.10. The Morgan fingerprint density at radius 1 is 1.11 bits per heavy atom. The summed E-state index contributed by atoms with van der Waals surface area (Å²) in [5, 5.41) is 1.71. The molecule has 0 aliphatic carbocycles. The SMILES string of the molecule is Cc1cc([C@@H]2[C@H](c3ccccn3)N=C3S[C@@H](C)CN32)c(C)n1-c1cccnc1. The summed E-state index contributed by atoms with van der Waals surface area (Å²) in [5.41, 5.74) is 5.92. The van der Waals surface area contributed by atoms with Gasteiger partial charge in [-0.05, 0) is 49.7 Å². The highest BCUT2D eigenvalue weighted by atomic mass is 32.2. The molecule has 6 heteroatoms. The van der Waals surface area contributed by atoms with Gasteiger partial charge in [0.05, 0.1) is 23.6 Å². The fraction of sp³-hybridized carbons (Fsp3) is 0.318. The fourth-order valence-electron chi connectivity index (χ4n) is 4.42. The Kier molecular flexibility index (Phi) is 4.23. The van der Waals surface area contributed by atoms with E-state index in [4.69, 9.17) is 4.99 Å². The van der Waals surface area contributed by atoms with Crippen LogP contribution in [0.15, 0.2) is 60.0 Å². The molecule has 0 N–H and O–H groups in total. The topological polar surface area (TPSA) is 46.3 Å². The van der Waals surface area contributed by atoms with Crippen molar-refractivity contribution in [1.29, 1.82) is 0 Å². The Morgan fingerprint density at radius 3 is 2.75 bits per heavy atom. The van der Waals surface area contributed by atoms with Crippen molar-refractivity contribution in [3.8, 4) is 5.69 Å². The van der Waals surface area contributed by atoms with Crippen LogP contribution in [0.4, 0.5) is 0 Å². The number of amidine groups is 1. The summed E-state index contributed by atoms with van der Waals surface area (Å²) >= 11 is 1.88. The smallest absolute Gasteiger partial charge is 0.160 e. The average molecular weight is 390 g/mol. The summed E-state index contributed by atoms with van der Waals surface area (Å²) in [5.74, 6) is 0. The number of fused-ring (bicyclic) bond motifs is 1. The molecular weight excluding hydrogens is 366 g/mol. The van der Waals surface area contributed by atoms with Gasteiger partial charge in [0.25, 0.3) is 0 Å². The third kappa shape index (κ3) is 2.75. The third-order valence-corrected chi connectivity index (χ3v) is 6.68. The first kappa shape index (κ1) is 17.5. The van der Waals surface area contributed by atoms with Crippen LogP contribution in [0, 0.1) is 13.8 Å². The maximum Gasteiger partial charge on any atom is 0.160 e. The number of pyridine rings is 2. The number of thioether (sulfide) groups is 1. The number of hydrogen-bond acceptors (Lipinski definition) is 5. The fourth-order valence-corrected chi connectivity index (χ4v) is 5.52. The lowest BCUT2D eigenvalue weighted by molar-refractivity contribution is 0.320. The van der Waals surface area contributed by atoms with Gasteiger partial charge in [0.15, 0.2) is 5.17 Å². The van der Waals surface area contributed by atoms with E-state index in [9.17, 15) is 0 Å². The molecule has 0 radical (unpaired) electrons. The minimum atomic E-state index is 0.0269. The summed E-state index contributed by atoms with van der Waals surface area (Å²) < 4.78 is 2.29. The van der Waals surface area contributed by atoms with Gasteiger partial charge in [0, 0.05) is 35.6 Å². The molecule has 2 aliphatic heterocycles.